The van der Waals surface area contributed by atoms with Crippen molar-refractivity contribution >= 4 is 28.8 Å². The van der Waals surface area contributed by atoms with Gasteiger partial charge >= 0.3 is 0 Å². The van der Waals surface area contributed by atoms with E-state index in [1.165, 1.54) is 0 Å². The van der Waals surface area contributed by atoms with Crippen molar-refractivity contribution in [3.63, 3.8) is 0 Å². The maximum atomic E-state index is 13.6. The van der Waals surface area contributed by atoms with Gasteiger partial charge in [-0.2, -0.15) is 0 Å². The van der Waals surface area contributed by atoms with Crippen LogP contribution in [0.15, 0.2) is 72.8 Å². The number of imidazole rings is 1. The van der Waals surface area contributed by atoms with E-state index in [-0.39, 0.29) is 11.8 Å². The predicted molar refractivity (Wildman–Crippen MR) is 122 cm³/mol. The molecule has 7 heteroatoms. The van der Waals surface area contributed by atoms with E-state index in [1.807, 2.05) is 66.7 Å². The Hall–Kier alpha value is -4.13. The molecule has 0 saturated carbocycles. The van der Waals surface area contributed by atoms with Crippen LogP contribution in [-0.4, -0.2) is 40.8 Å². The van der Waals surface area contributed by atoms with Crippen molar-refractivity contribution in [3.05, 3.63) is 89.5 Å². The van der Waals surface area contributed by atoms with Gasteiger partial charge in [0.15, 0.2) is 0 Å². The molecule has 1 aromatic heterocycles. The number of hydrogen-bond acceptors (Lipinski definition) is 4. The average molecular weight is 426 g/mol. The zero-order valence-electron chi connectivity index (χ0n) is 17.7. The largest absolute Gasteiger partial charge is 0.497 e. The zero-order valence-corrected chi connectivity index (χ0v) is 17.7. The fourth-order valence-corrected chi connectivity index (χ4v) is 4.38. The van der Waals surface area contributed by atoms with Crippen molar-refractivity contribution in [2.75, 3.05) is 19.5 Å². The lowest BCUT2D eigenvalue weighted by molar-refractivity contribution is -0.119. The molecule has 160 valence electrons. The van der Waals surface area contributed by atoms with Crippen molar-refractivity contribution in [1.29, 1.82) is 0 Å². The summed E-state index contributed by atoms with van der Waals surface area (Å²) in [5.74, 6) is 0.116. The number of aromatic nitrogens is 2. The van der Waals surface area contributed by atoms with Gasteiger partial charge in [-0.1, -0.05) is 42.5 Å². The smallest absolute Gasteiger partial charge is 0.254 e. The molecule has 0 bridgehead atoms. The molecule has 2 N–H and O–H groups in total. The van der Waals surface area contributed by atoms with Crippen LogP contribution in [0, 0.1) is 0 Å². The lowest BCUT2D eigenvalue weighted by Crippen LogP contribution is -2.44. The predicted octanol–water partition coefficient (Wildman–Crippen LogP) is 4.12. The van der Waals surface area contributed by atoms with Gasteiger partial charge in [-0.3, -0.25) is 14.9 Å². The summed E-state index contributed by atoms with van der Waals surface area (Å²) in [7, 11) is 3.33. The average Bonchev–Trinajstić information content (AvgIpc) is 3.23. The fourth-order valence-electron chi connectivity index (χ4n) is 4.38. The second-order valence-electron chi connectivity index (χ2n) is 7.79. The van der Waals surface area contributed by atoms with Crippen LogP contribution in [0.5, 0.6) is 5.75 Å². The minimum absolute atomic E-state index is 0.116. The number of benzene rings is 3. The van der Waals surface area contributed by atoms with Crippen LogP contribution in [0.3, 0.4) is 0 Å². The van der Waals surface area contributed by atoms with Crippen molar-refractivity contribution in [2.24, 2.45) is 0 Å². The van der Waals surface area contributed by atoms with E-state index < -0.39 is 12.0 Å². The Kier molecular flexibility index (Phi) is 4.86. The van der Waals surface area contributed by atoms with Gasteiger partial charge in [0.25, 0.3) is 5.91 Å². The Balaban J connectivity index is 1.57. The molecular weight excluding hydrogens is 404 g/mol. The Morgan fingerprint density at radius 3 is 2.50 bits per heavy atom. The molecule has 1 aliphatic heterocycles. The fraction of sp³-hybridized carbons (Fsp3) is 0.160. The van der Waals surface area contributed by atoms with Gasteiger partial charge in [-0.15, -0.1) is 0 Å². The Bertz CT molecular complexity index is 1280. The van der Waals surface area contributed by atoms with Crippen LogP contribution in [0.4, 0.5) is 5.95 Å². The van der Waals surface area contributed by atoms with Gasteiger partial charge in [0.05, 0.1) is 30.1 Å². The van der Waals surface area contributed by atoms with Crippen molar-refractivity contribution in [1.82, 2.24) is 14.9 Å². The number of hydrogen-bond donors (Lipinski definition) is 2. The lowest BCUT2D eigenvalue weighted by Gasteiger charge is -2.39. The molecule has 4 aromatic rings. The summed E-state index contributed by atoms with van der Waals surface area (Å²) in [6.07, 6.45) is 0. The normalized spacial score (nSPS) is 17.8. The molecule has 0 unspecified atom stereocenters. The third kappa shape index (κ3) is 3.28. The van der Waals surface area contributed by atoms with Crippen molar-refractivity contribution in [3.8, 4) is 5.75 Å². The monoisotopic (exact) mass is 426 g/mol. The molecule has 2 atom stereocenters. The number of methoxy groups -OCH3 is 1. The summed E-state index contributed by atoms with van der Waals surface area (Å²) in [6, 6.07) is 21.8. The Labute approximate surface area is 185 Å². The number of aromatic amines is 1. The summed E-state index contributed by atoms with van der Waals surface area (Å²) in [4.78, 5) is 36.0. The quantitative estimate of drug-likeness (QED) is 0.514. The highest BCUT2D eigenvalue weighted by Gasteiger charge is 2.42. The number of ether oxygens (including phenoxy) is 1. The van der Waals surface area contributed by atoms with Crippen LogP contribution < -0.4 is 10.1 Å². The SMILES string of the molecule is COc1ccc([C@@H]2[C@H](C(=O)Nc3nc4ccccc4[nH]3)c3ccccc3C(=O)N2C)cc1. The number of rotatable bonds is 4. The first kappa shape index (κ1) is 19.8. The summed E-state index contributed by atoms with van der Waals surface area (Å²) >= 11 is 0. The number of anilines is 1. The molecule has 2 amide bonds. The van der Waals surface area contributed by atoms with Crippen LogP contribution in [0.1, 0.15) is 33.4 Å². The number of fused-ring (bicyclic) bond motifs is 2. The number of carbonyl (C=O) groups excluding carboxylic acids is 2. The lowest BCUT2D eigenvalue weighted by atomic mass is 9.79. The number of H-pyrrole nitrogens is 1. The molecular formula is C25H22N4O3. The van der Waals surface area contributed by atoms with E-state index in [4.69, 9.17) is 4.74 Å². The molecule has 5 rings (SSSR count). The second kappa shape index (κ2) is 7.85. The second-order valence-corrected chi connectivity index (χ2v) is 7.79. The third-order valence-electron chi connectivity index (χ3n) is 5.95. The molecule has 0 radical (unpaired) electrons. The van der Waals surface area contributed by atoms with E-state index in [2.05, 4.69) is 15.3 Å². The number of likely N-dealkylation sites (N-methyl/N-ethyl adjacent to an activating group) is 1. The maximum absolute atomic E-state index is 13.6. The van der Waals surface area contributed by atoms with Gasteiger partial charge in [-0.25, -0.2) is 4.98 Å². The first-order valence-corrected chi connectivity index (χ1v) is 10.3. The van der Waals surface area contributed by atoms with E-state index in [9.17, 15) is 9.59 Å². The molecule has 1 aliphatic rings. The molecule has 32 heavy (non-hydrogen) atoms. The number of nitrogens with one attached hydrogen (secondary N) is 2. The first-order chi connectivity index (χ1) is 15.6. The first-order valence-electron chi connectivity index (χ1n) is 10.3. The molecule has 0 fully saturated rings. The highest BCUT2D eigenvalue weighted by Crippen LogP contribution is 2.42. The minimum atomic E-state index is -0.615. The van der Waals surface area contributed by atoms with Crippen LogP contribution in [0.2, 0.25) is 0 Å². The molecule has 0 saturated heterocycles. The molecule has 0 aliphatic carbocycles. The summed E-state index contributed by atoms with van der Waals surface area (Å²) in [5, 5.41) is 2.93. The molecule has 3 aromatic carbocycles. The standard InChI is InChI=1S/C25H22N4O3/c1-29-22(15-11-13-16(32-2)14-12-15)21(17-7-3-4-8-18(17)24(29)31)23(30)28-25-26-19-9-5-6-10-20(19)27-25/h3-14,21-22H,1-2H3,(H2,26,27,28,30)/t21-,22-/m1/s1. The van der Waals surface area contributed by atoms with Crippen LogP contribution in [-0.2, 0) is 4.79 Å². The summed E-state index contributed by atoms with van der Waals surface area (Å²) in [5.41, 5.74) is 3.69. The van der Waals surface area contributed by atoms with Gasteiger partial charge in [0.1, 0.15) is 5.75 Å². The van der Waals surface area contributed by atoms with Gasteiger partial charge in [0.2, 0.25) is 11.9 Å². The highest BCUT2D eigenvalue weighted by molar-refractivity contribution is 6.04. The molecule has 2 heterocycles. The number of para-hydroxylation sites is 2. The Morgan fingerprint density at radius 1 is 1.03 bits per heavy atom. The number of nitrogens with zero attached hydrogens (tertiary/aromatic N) is 2. The summed E-state index contributed by atoms with van der Waals surface area (Å²) < 4.78 is 5.27. The number of amides is 2. The van der Waals surface area contributed by atoms with Crippen molar-refractivity contribution in [2.45, 2.75) is 12.0 Å². The van der Waals surface area contributed by atoms with E-state index >= 15 is 0 Å². The minimum Gasteiger partial charge on any atom is -0.497 e. The molecule has 0 spiro atoms. The summed E-state index contributed by atoms with van der Waals surface area (Å²) in [6.45, 7) is 0. The maximum Gasteiger partial charge on any atom is 0.254 e. The van der Waals surface area contributed by atoms with Gasteiger partial charge in [0, 0.05) is 12.6 Å². The topological polar surface area (TPSA) is 87.3 Å². The van der Waals surface area contributed by atoms with Crippen molar-refractivity contribution < 1.29 is 14.3 Å². The zero-order chi connectivity index (χ0) is 22.2. The van der Waals surface area contributed by atoms with Gasteiger partial charge in [-0.05, 0) is 41.5 Å². The Morgan fingerprint density at radius 2 is 1.75 bits per heavy atom. The van der Waals surface area contributed by atoms with Crippen LogP contribution >= 0.6 is 0 Å². The number of carbonyl (C=O) groups is 2. The van der Waals surface area contributed by atoms with E-state index in [1.54, 1.807) is 25.1 Å². The highest BCUT2D eigenvalue weighted by atomic mass is 16.5. The van der Waals surface area contributed by atoms with E-state index in [0.717, 1.165) is 16.6 Å². The molecule has 7 nitrogen and oxygen atoms in total. The van der Waals surface area contributed by atoms with Crippen LogP contribution in [0.25, 0.3) is 11.0 Å². The van der Waals surface area contributed by atoms with Gasteiger partial charge < -0.3 is 14.6 Å². The van der Waals surface area contributed by atoms with E-state index in [0.29, 0.717) is 22.8 Å². The third-order valence-corrected chi connectivity index (χ3v) is 5.95.